The molecular formula is C20H23N5O2. The van der Waals surface area contributed by atoms with Crippen molar-refractivity contribution in [1.82, 2.24) is 19.7 Å². The monoisotopic (exact) mass is 365 g/mol. The molecule has 0 bridgehead atoms. The molecule has 140 valence electrons. The van der Waals surface area contributed by atoms with Crippen molar-refractivity contribution in [3.05, 3.63) is 59.7 Å². The van der Waals surface area contributed by atoms with Crippen LogP contribution in [0.5, 0.6) is 0 Å². The minimum atomic E-state index is -0.0948. The van der Waals surface area contributed by atoms with E-state index in [-0.39, 0.29) is 24.3 Å². The number of likely N-dealkylation sites (tertiary alicyclic amines) is 1. The van der Waals surface area contributed by atoms with Gasteiger partial charge in [0.15, 0.2) is 0 Å². The second-order valence-corrected chi connectivity index (χ2v) is 7.01. The van der Waals surface area contributed by atoms with Gasteiger partial charge in [-0.2, -0.15) is 5.10 Å². The number of aryl methyl sites for hydroxylation is 2. The number of benzene rings is 1. The summed E-state index contributed by atoms with van der Waals surface area (Å²) in [6.07, 6.45) is 1.98. The van der Waals surface area contributed by atoms with Crippen LogP contribution in [0.4, 0.5) is 0 Å². The van der Waals surface area contributed by atoms with Gasteiger partial charge in [0, 0.05) is 49.6 Å². The van der Waals surface area contributed by atoms with E-state index in [9.17, 15) is 4.79 Å². The summed E-state index contributed by atoms with van der Waals surface area (Å²) in [6.45, 7) is 2.98. The molecule has 27 heavy (non-hydrogen) atoms. The molecule has 0 unspecified atom stereocenters. The standard InChI is InChI=1S/C20H23N5O2/c1-13-17(23-20(27-13)14-6-4-3-5-7-14)10-19(26)25-11-15(16(21)12-25)18-8-9-22-24(18)2/h3-9,15-16H,10-12,21H2,1-2H3/t15-,16-/m1/s1. The molecule has 1 aliphatic rings. The Balaban J connectivity index is 1.47. The predicted molar refractivity (Wildman–Crippen MR) is 101 cm³/mol. The van der Waals surface area contributed by atoms with Crippen LogP contribution < -0.4 is 5.73 Å². The molecule has 0 saturated carbocycles. The summed E-state index contributed by atoms with van der Waals surface area (Å²) in [7, 11) is 1.90. The summed E-state index contributed by atoms with van der Waals surface area (Å²) in [4.78, 5) is 19.2. The van der Waals surface area contributed by atoms with E-state index in [0.717, 1.165) is 11.3 Å². The first-order valence-corrected chi connectivity index (χ1v) is 9.06. The zero-order chi connectivity index (χ0) is 19.0. The van der Waals surface area contributed by atoms with Crippen LogP contribution in [0.15, 0.2) is 47.0 Å². The summed E-state index contributed by atoms with van der Waals surface area (Å²) < 4.78 is 7.59. The molecule has 0 aliphatic carbocycles. The number of carbonyl (C=O) groups is 1. The van der Waals surface area contributed by atoms with E-state index in [0.29, 0.717) is 30.4 Å². The molecule has 7 heteroatoms. The molecule has 7 nitrogen and oxygen atoms in total. The van der Waals surface area contributed by atoms with Crippen LogP contribution in [0.3, 0.4) is 0 Å². The van der Waals surface area contributed by atoms with E-state index in [1.54, 1.807) is 6.20 Å². The van der Waals surface area contributed by atoms with Crippen molar-refractivity contribution in [3.63, 3.8) is 0 Å². The molecule has 1 aliphatic heterocycles. The summed E-state index contributed by atoms with van der Waals surface area (Å²) in [5, 5.41) is 4.21. The third-order valence-corrected chi connectivity index (χ3v) is 5.19. The first-order valence-electron chi connectivity index (χ1n) is 9.06. The van der Waals surface area contributed by atoms with Crippen LogP contribution >= 0.6 is 0 Å². The predicted octanol–water partition coefficient (Wildman–Crippen LogP) is 1.88. The second-order valence-electron chi connectivity index (χ2n) is 7.01. The van der Waals surface area contributed by atoms with Gasteiger partial charge in [-0.15, -0.1) is 0 Å². The molecule has 2 atom stereocenters. The van der Waals surface area contributed by atoms with Gasteiger partial charge in [0.1, 0.15) is 5.76 Å². The van der Waals surface area contributed by atoms with Crippen LogP contribution in [0, 0.1) is 6.92 Å². The Morgan fingerprint density at radius 3 is 2.74 bits per heavy atom. The van der Waals surface area contributed by atoms with Crippen molar-refractivity contribution >= 4 is 5.91 Å². The van der Waals surface area contributed by atoms with E-state index in [1.165, 1.54) is 0 Å². The van der Waals surface area contributed by atoms with Crippen LogP contribution in [0.1, 0.15) is 23.1 Å². The number of aromatic nitrogens is 3. The highest BCUT2D eigenvalue weighted by atomic mass is 16.4. The van der Waals surface area contributed by atoms with Gasteiger partial charge in [-0.3, -0.25) is 9.48 Å². The van der Waals surface area contributed by atoms with Gasteiger partial charge < -0.3 is 15.1 Å². The van der Waals surface area contributed by atoms with Crippen molar-refractivity contribution in [2.45, 2.75) is 25.3 Å². The summed E-state index contributed by atoms with van der Waals surface area (Å²) >= 11 is 0. The fourth-order valence-electron chi connectivity index (χ4n) is 3.64. The molecule has 1 aromatic carbocycles. The van der Waals surface area contributed by atoms with E-state index in [2.05, 4.69) is 10.1 Å². The van der Waals surface area contributed by atoms with Crippen molar-refractivity contribution in [3.8, 4) is 11.5 Å². The van der Waals surface area contributed by atoms with Crippen molar-refractivity contribution in [2.75, 3.05) is 13.1 Å². The van der Waals surface area contributed by atoms with E-state index < -0.39 is 0 Å². The normalized spacial score (nSPS) is 19.6. The zero-order valence-electron chi connectivity index (χ0n) is 15.5. The maximum absolute atomic E-state index is 12.8. The van der Waals surface area contributed by atoms with Crippen molar-refractivity contribution in [2.24, 2.45) is 12.8 Å². The topological polar surface area (TPSA) is 90.2 Å². The molecule has 3 heterocycles. The molecule has 0 radical (unpaired) electrons. The first kappa shape index (κ1) is 17.5. The quantitative estimate of drug-likeness (QED) is 0.762. The number of amides is 1. The minimum Gasteiger partial charge on any atom is -0.441 e. The Morgan fingerprint density at radius 1 is 1.26 bits per heavy atom. The third kappa shape index (κ3) is 3.38. The molecule has 1 amide bonds. The average molecular weight is 365 g/mol. The lowest BCUT2D eigenvalue weighted by Gasteiger charge is -2.16. The Labute approximate surface area is 157 Å². The Kier molecular flexibility index (Phi) is 4.53. The van der Waals surface area contributed by atoms with Crippen LogP contribution in [-0.4, -0.2) is 44.7 Å². The number of nitrogens with zero attached hydrogens (tertiary/aromatic N) is 4. The molecule has 1 fully saturated rings. The Hall–Kier alpha value is -2.93. The lowest BCUT2D eigenvalue weighted by Crippen LogP contribution is -2.33. The van der Waals surface area contributed by atoms with Gasteiger partial charge in [-0.05, 0) is 25.1 Å². The lowest BCUT2D eigenvalue weighted by molar-refractivity contribution is -0.129. The summed E-state index contributed by atoms with van der Waals surface area (Å²) in [6, 6.07) is 11.6. The number of carbonyl (C=O) groups excluding carboxylic acids is 1. The summed E-state index contributed by atoms with van der Waals surface area (Å²) in [5.74, 6) is 1.33. The highest BCUT2D eigenvalue weighted by molar-refractivity contribution is 5.79. The second kappa shape index (κ2) is 7.00. The molecule has 1 saturated heterocycles. The maximum Gasteiger partial charge on any atom is 0.228 e. The number of hydrogen-bond donors (Lipinski definition) is 1. The number of nitrogens with two attached hydrogens (primary N) is 1. The molecule has 4 rings (SSSR count). The highest BCUT2D eigenvalue weighted by Crippen LogP contribution is 2.27. The fraction of sp³-hybridized carbons (Fsp3) is 0.350. The molecular weight excluding hydrogens is 342 g/mol. The Morgan fingerprint density at radius 2 is 2.04 bits per heavy atom. The van der Waals surface area contributed by atoms with Crippen molar-refractivity contribution in [1.29, 1.82) is 0 Å². The SMILES string of the molecule is Cc1oc(-c2ccccc2)nc1CC(=O)N1C[C@@H](N)[C@H](c2ccnn2C)C1. The Bertz CT molecular complexity index is 946. The zero-order valence-corrected chi connectivity index (χ0v) is 15.5. The number of rotatable bonds is 4. The van der Waals surface area contributed by atoms with E-state index >= 15 is 0 Å². The lowest BCUT2D eigenvalue weighted by atomic mass is 10.0. The smallest absolute Gasteiger partial charge is 0.228 e. The third-order valence-electron chi connectivity index (χ3n) is 5.19. The van der Waals surface area contributed by atoms with E-state index in [4.69, 9.17) is 10.2 Å². The number of hydrogen-bond acceptors (Lipinski definition) is 5. The van der Waals surface area contributed by atoms with Gasteiger partial charge in [0.25, 0.3) is 0 Å². The average Bonchev–Trinajstić information content (AvgIpc) is 3.35. The molecule has 0 spiro atoms. The fourth-order valence-corrected chi connectivity index (χ4v) is 3.64. The van der Waals surface area contributed by atoms with Gasteiger partial charge >= 0.3 is 0 Å². The molecule has 2 aromatic heterocycles. The van der Waals surface area contributed by atoms with Crippen molar-refractivity contribution < 1.29 is 9.21 Å². The molecule has 2 N–H and O–H groups in total. The maximum atomic E-state index is 12.8. The van der Waals surface area contributed by atoms with Crippen LogP contribution in [0.25, 0.3) is 11.5 Å². The summed E-state index contributed by atoms with van der Waals surface area (Å²) in [5.41, 5.74) is 8.94. The van der Waals surface area contributed by atoms with Crippen LogP contribution in [-0.2, 0) is 18.3 Å². The van der Waals surface area contributed by atoms with E-state index in [1.807, 2.05) is 60.0 Å². The van der Waals surface area contributed by atoms with Gasteiger partial charge in [0.05, 0.1) is 12.1 Å². The number of oxazole rings is 1. The van der Waals surface area contributed by atoms with Gasteiger partial charge in [-0.1, -0.05) is 18.2 Å². The first-order chi connectivity index (χ1) is 13.0. The van der Waals surface area contributed by atoms with Gasteiger partial charge in [-0.25, -0.2) is 4.98 Å². The largest absolute Gasteiger partial charge is 0.441 e. The minimum absolute atomic E-state index is 0.0196. The highest BCUT2D eigenvalue weighted by Gasteiger charge is 2.35. The van der Waals surface area contributed by atoms with Crippen LogP contribution in [0.2, 0.25) is 0 Å². The molecule has 3 aromatic rings. The van der Waals surface area contributed by atoms with Gasteiger partial charge in [0.2, 0.25) is 11.8 Å².